The van der Waals surface area contributed by atoms with Crippen molar-refractivity contribution in [3.63, 3.8) is 0 Å². The minimum absolute atomic E-state index is 0.131. The number of hydrogen-bond acceptors (Lipinski definition) is 4. The van der Waals surface area contributed by atoms with Crippen LogP contribution in [0.1, 0.15) is 23.2 Å². The van der Waals surface area contributed by atoms with Crippen LogP contribution in [-0.2, 0) is 0 Å². The van der Waals surface area contributed by atoms with Gasteiger partial charge in [0.15, 0.2) is 23.2 Å². The number of carbonyl (C=O) groups excluding carboxylic acids is 1. The van der Waals surface area contributed by atoms with E-state index in [1.165, 1.54) is 26.2 Å². The summed E-state index contributed by atoms with van der Waals surface area (Å²) in [7, 11) is 1.40. The number of Topliss-reactive ketones (excluding diaryl/α,β-unsaturated/α-hetero) is 1. The molecule has 0 bridgehead atoms. The molecule has 0 N–H and O–H groups in total. The molecular weight excluding hydrogens is 247 g/mol. The predicted octanol–water partition coefficient (Wildman–Crippen LogP) is 2.80. The van der Waals surface area contributed by atoms with Crippen LogP contribution in [0, 0.1) is 12.7 Å². The van der Waals surface area contributed by atoms with Crippen LogP contribution in [0.25, 0.3) is 11.3 Å². The average Bonchev–Trinajstić information content (AvgIpc) is 2.37. The summed E-state index contributed by atoms with van der Waals surface area (Å²) < 4.78 is 18.5. The number of ketones is 1. The number of hydrogen-bond donors (Lipinski definition) is 0. The maximum Gasteiger partial charge on any atom is 0.196 e. The van der Waals surface area contributed by atoms with Crippen molar-refractivity contribution < 1.29 is 13.9 Å². The zero-order valence-corrected chi connectivity index (χ0v) is 10.9. The van der Waals surface area contributed by atoms with E-state index >= 15 is 0 Å². The van der Waals surface area contributed by atoms with E-state index in [0.29, 0.717) is 17.0 Å². The smallest absolute Gasteiger partial charge is 0.196 e. The Kier molecular flexibility index (Phi) is 3.55. The molecule has 1 aromatic heterocycles. The van der Waals surface area contributed by atoms with Crippen molar-refractivity contribution in [3.8, 4) is 17.0 Å². The van der Waals surface area contributed by atoms with Gasteiger partial charge in [-0.2, -0.15) is 0 Å². The molecule has 0 saturated carbocycles. The van der Waals surface area contributed by atoms with E-state index < -0.39 is 5.82 Å². The second-order valence-electron chi connectivity index (χ2n) is 4.12. The normalized spacial score (nSPS) is 10.3. The lowest BCUT2D eigenvalue weighted by Gasteiger charge is -2.06. The topological polar surface area (TPSA) is 52.1 Å². The summed E-state index contributed by atoms with van der Waals surface area (Å²) in [6, 6.07) is 6.24. The fourth-order valence-electron chi connectivity index (χ4n) is 1.70. The van der Waals surface area contributed by atoms with Crippen molar-refractivity contribution in [1.29, 1.82) is 0 Å². The van der Waals surface area contributed by atoms with E-state index in [2.05, 4.69) is 9.97 Å². The van der Waals surface area contributed by atoms with Crippen molar-refractivity contribution in [2.24, 2.45) is 0 Å². The van der Waals surface area contributed by atoms with Gasteiger partial charge in [-0.25, -0.2) is 14.4 Å². The Bertz CT molecular complexity index is 641. The minimum atomic E-state index is -0.472. The molecule has 0 unspecified atom stereocenters. The van der Waals surface area contributed by atoms with Gasteiger partial charge >= 0.3 is 0 Å². The highest BCUT2D eigenvalue weighted by molar-refractivity contribution is 5.90. The Morgan fingerprint density at radius 3 is 2.58 bits per heavy atom. The van der Waals surface area contributed by atoms with Gasteiger partial charge in [-0.3, -0.25) is 4.79 Å². The molecule has 2 aromatic rings. The lowest BCUT2D eigenvalue weighted by Crippen LogP contribution is -2.04. The predicted molar refractivity (Wildman–Crippen MR) is 68.7 cm³/mol. The van der Waals surface area contributed by atoms with Gasteiger partial charge in [0.1, 0.15) is 0 Å². The monoisotopic (exact) mass is 260 g/mol. The van der Waals surface area contributed by atoms with Crippen LogP contribution < -0.4 is 4.74 Å². The van der Waals surface area contributed by atoms with Crippen LogP contribution >= 0.6 is 0 Å². The van der Waals surface area contributed by atoms with Gasteiger partial charge in [0.2, 0.25) is 0 Å². The SMILES string of the molecule is COc1ccc(-c2cc(C)nc(C(C)=O)n2)cc1F. The van der Waals surface area contributed by atoms with Crippen LogP contribution in [-0.4, -0.2) is 22.9 Å². The second kappa shape index (κ2) is 5.14. The van der Waals surface area contributed by atoms with Crippen LogP contribution in [0.3, 0.4) is 0 Å². The number of ether oxygens (including phenoxy) is 1. The zero-order valence-electron chi connectivity index (χ0n) is 10.9. The van der Waals surface area contributed by atoms with Crippen molar-refractivity contribution in [2.45, 2.75) is 13.8 Å². The quantitative estimate of drug-likeness (QED) is 0.796. The molecule has 98 valence electrons. The van der Waals surface area contributed by atoms with Crippen LogP contribution in [0.15, 0.2) is 24.3 Å². The number of halogens is 1. The molecule has 2 rings (SSSR count). The number of methoxy groups -OCH3 is 1. The highest BCUT2D eigenvalue weighted by Gasteiger charge is 2.10. The zero-order chi connectivity index (χ0) is 14.0. The van der Waals surface area contributed by atoms with E-state index in [1.54, 1.807) is 19.1 Å². The molecule has 19 heavy (non-hydrogen) atoms. The van der Waals surface area contributed by atoms with Gasteiger partial charge in [-0.15, -0.1) is 0 Å². The fraction of sp³-hybridized carbons (Fsp3) is 0.214. The van der Waals surface area contributed by atoms with Crippen molar-refractivity contribution in [2.75, 3.05) is 7.11 Å². The summed E-state index contributed by atoms with van der Waals surface area (Å²) in [6.45, 7) is 3.16. The van der Waals surface area contributed by atoms with Crippen molar-refractivity contribution in [3.05, 3.63) is 41.6 Å². The third-order valence-corrected chi connectivity index (χ3v) is 2.62. The molecule has 4 nitrogen and oxygen atoms in total. The van der Waals surface area contributed by atoms with E-state index in [0.717, 1.165) is 0 Å². The number of benzene rings is 1. The molecule has 1 aromatic carbocycles. The summed E-state index contributed by atoms with van der Waals surface area (Å²) in [5.41, 5.74) is 1.75. The average molecular weight is 260 g/mol. The lowest BCUT2D eigenvalue weighted by molar-refractivity contribution is 0.100. The molecule has 0 fully saturated rings. The lowest BCUT2D eigenvalue weighted by atomic mass is 10.1. The first-order valence-corrected chi connectivity index (χ1v) is 5.72. The van der Waals surface area contributed by atoms with E-state index in [4.69, 9.17) is 4.74 Å². The van der Waals surface area contributed by atoms with Gasteiger partial charge in [-0.05, 0) is 31.2 Å². The van der Waals surface area contributed by atoms with Crippen LogP contribution in [0.4, 0.5) is 4.39 Å². The molecule has 0 aliphatic carbocycles. The van der Waals surface area contributed by atoms with E-state index in [9.17, 15) is 9.18 Å². The first-order chi connectivity index (χ1) is 9.01. The summed E-state index contributed by atoms with van der Waals surface area (Å²) in [5.74, 6) is -0.396. The van der Waals surface area contributed by atoms with Gasteiger partial charge < -0.3 is 4.74 Å². The summed E-state index contributed by atoms with van der Waals surface area (Å²) >= 11 is 0. The molecule has 1 heterocycles. The Morgan fingerprint density at radius 1 is 1.26 bits per heavy atom. The molecule has 0 aliphatic heterocycles. The van der Waals surface area contributed by atoms with E-state index in [-0.39, 0.29) is 17.4 Å². The van der Waals surface area contributed by atoms with Crippen molar-refractivity contribution >= 4 is 5.78 Å². The van der Waals surface area contributed by atoms with Gasteiger partial charge in [-0.1, -0.05) is 0 Å². The number of nitrogens with zero attached hydrogens (tertiary/aromatic N) is 2. The molecular formula is C14H13FN2O2. The standard InChI is InChI=1S/C14H13FN2O2/c1-8-6-12(17-14(16-8)9(2)18)10-4-5-13(19-3)11(15)7-10/h4-7H,1-3H3. The van der Waals surface area contributed by atoms with Gasteiger partial charge in [0, 0.05) is 18.2 Å². The fourth-order valence-corrected chi connectivity index (χ4v) is 1.70. The first-order valence-electron chi connectivity index (χ1n) is 5.72. The highest BCUT2D eigenvalue weighted by Crippen LogP contribution is 2.24. The highest BCUT2D eigenvalue weighted by atomic mass is 19.1. The molecule has 0 aliphatic rings. The largest absolute Gasteiger partial charge is 0.494 e. The summed E-state index contributed by atoms with van der Waals surface area (Å²) in [5, 5.41) is 0. The number of aryl methyl sites for hydroxylation is 1. The maximum atomic E-state index is 13.7. The van der Waals surface area contributed by atoms with Gasteiger partial charge in [0.25, 0.3) is 0 Å². The number of carbonyl (C=O) groups is 1. The minimum Gasteiger partial charge on any atom is -0.494 e. The Hall–Kier alpha value is -2.30. The molecule has 0 spiro atoms. The number of aromatic nitrogens is 2. The Morgan fingerprint density at radius 2 is 2.00 bits per heavy atom. The van der Waals surface area contributed by atoms with Crippen molar-refractivity contribution in [1.82, 2.24) is 9.97 Å². The molecule has 0 radical (unpaired) electrons. The molecule has 5 heteroatoms. The summed E-state index contributed by atoms with van der Waals surface area (Å²) in [6.07, 6.45) is 0. The van der Waals surface area contributed by atoms with E-state index in [1.807, 2.05) is 0 Å². The third kappa shape index (κ3) is 2.76. The van der Waals surface area contributed by atoms with Crippen LogP contribution in [0.5, 0.6) is 5.75 Å². The van der Waals surface area contributed by atoms with Crippen LogP contribution in [0.2, 0.25) is 0 Å². The Labute approximate surface area is 110 Å². The molecule has 0 atom stereocenters. The first kappa shape index (κ1) is 13.1. The Balaban J connectivity index is 2.52. The number of rotatable bonds is 3. The van der Waals surface area contributed by atoms with Gasteiger partial charge in [0.05, 0.1) is 12.8 Å². The maximum absolute atomic E-state index is 13.7. The molecule has 0 saturated heterocycles. The summed E-state index contributed by atoms with van der Waals surface area (Å²) in [4.78, 5) is 19.5. The second-order valence-corrected chi connectivity index (χ2v) is 4.12. The third-order valence-electron chi connectivity index (χ3n) is 2.62. The molecule has 0 amide bonds.